The van der Waals surface area contributed by atoms with E-state index in [0.717, 1.165) is 31.6 Å². The van der Waals surface area contributed by atoms with Crippen molar-refractivity contribution in [2.45, 2.75) is 45.8 Å². The van der Waals surface area contributed by atoms with Crippen LogP contribution in [0.5, 0.6) is 0 Å². The highest BCUT2D eigenvalue weighted by molar-refractivity contribution is 5.89. The summed E-state index contributed by atoms with van der Waals surface area (Å²) in [5.74, 6) is 0.797. The highest BCUT2D eigenvalue weighted by Crippen LogP contribution is 2.20. The number of carbonyl (C=O) groups excluding carboxylic acids is 1. The van der Waals surface area contributed by atoms with Crippen LogP contribution in [0, 0.1) is 0 Å². The first-order valence-electron chi connectivity index (χ1n) is 9.51. The van der Waals surface area contributed by atoms with Crippen LogP contribution in [0.2, 0.25) is 0 Å². The number of nitrogens with zero attached hydrogens (tertiary/aromatic N) is 4. The molecule has 7 heteroatoms. The summed E-state index contributed by atoms with van der Waals surface area (Å²) < 4.78 is 10.2. The molecule has 146 valence electrons. The second-order valence-corrected chi connectivity index (χ2v) is 7.21. The number of methoxy groups -OCH3 is 1. The lowest BCUT2D eigenvalue weighted by Gasteiger charge is -2.43. The Hall–Kier alpha value is -2.25. The Kier molecular flexibility index (Phi) is 6.23. The maximum Gasteiger partial charge on any atom is 0.337 e. The van der Waals surface area contributed by atoms with Gasteiger partial charge in [0.15, 0.2) is 0 Å². The van der Waals surface area contributed by atoms with Crippen LogP contribution in [0.3, 0.4) is 0 Å². The molecule has 0 amide bonds. The molecule has 0 N–H and O–H groups in total. The summed E-state index contributed by atoms with van der Waals surface area (Å²) in [6.45, 7) is 10.5. The first-order chi connectivity index (χ1) is 13.0. The van der Waals surface area contributed by atoms with E-state index >= 15 is 0 Å². The molecule has 2 aromatic rings. The van der Waals surface area contributed by atoms with Crippen LogP contribution >= 0.6 is 0 Å². The van der Waals surface area contributed by atoms with E-state index in [0.29, 0.717) is 35.9 Å². The Morgan fingerprint density at radius 1 is 1.30 bits per heavy atom. The zero-order chi connectivity index (χ0) is 19.4. The molecule has 27 heavy (non-hydrogen) atoms. The standard InChI is InChI=1S/C20H28N4O3/c1-5-17-12-23(10-11-24(17)14(2)3)13-18-21-19(22-27-18)15-6-8-16(9-7-15)20(25)26-4/h6-9,14,17H,5,10-13H2,1-4H3/t17-/m1/s1. The van der Waals surface area contributed by atoms with Gasteiger partial charge >= 0.3 is 5.97 Å². The lowest BCUT2D eigenvalue weighted by molar-refractivity contribution is 0.0409. The van der Waals surface area contributed by atoms with Crippen LogP contribution in [0.15, 0.2) is 28.8 Å². The maximum absolute atomic E-state index is 11.5. The highest BCUT2D eigenvalue weighted by Gasteiger charge is 2.28. The molecule has 2 heterocycles. The predicted molar refractivity (Wildman–Crippen MR) is 102 cm³/mol. The summed E-state index contributed by atoms with van der Waals surface area (Å²) >= 11 is 0. The zero-order valence-electron chi connectivity index (χ0n) is 16.5. The van der Waals surface area contributed by atoms with E-state index in [1.54, 1.807) is 24.3 Å². The van der Waals surface area contributed by atoms with Gasteiger partial charge in [-0.1, -0.05) is 24.2 Å². The van der Waals surface area contributed by atoms with Gasteiger partial charge < -0.3 is 9.26 Å². The first kappa shape index (κ1) is 19.5. The number of hydrogen-bond acceptors (Lipinski definition) is 7. The topological polar surface area (TPSA) is 71.7 Å². The van der Waals surface area contributed by atoms with Gasteiger partial charge in [0.1, 0.15) is 0 Å². The number of hydrogen-bond donors (Lipinski definition) is 0. The van der Waals surface area contributed by atoms with Gasteiger partial charge in [-0.25, -0.2) is 4.79 Å². The Labute approximate surface area is 160 Å². The lowest BCUT2D eigenvalue weighted by Crippen LogP contribution is -2.54. The summed E-state index contributed by atoms with van der Waals surface area (Å²) in [6, 6.07) is 8.14. The molecule has 3 rings (SSSR count). The number of esters is 1. The summed E-state index contributed by atoms with van der Waals surface area (Å²) in [5, 5.41) is 4.09. The smallest absolute Gasteiger partial charge is 0.337 e. The number of ether oxygens (including phenoxy) is 1. The fourth-order valence-electron chi connectivity index (χ4n) is 3.62. The molecule has 0 radical (unpaired) electrons. The molecule has 1 fully saturated rings. The third-order valence-electron chi connectivity index (χ3n) is 5.14. The number of benzene rings is 1. The van der Waals surface area contributed by atoms with Crippen molar-refractivity contribution in [2.24, 2.45) is 0 Å². The van der Waals surface area contributed by atoms with Gasteiger partial charge in [-0.3, -0.25) is 9.80 Å². The van der Waals surface area contributed by atoms with Gasteiger partial charge in [-0.05, 0) is 32.4 Å². The molecule has 1 atom stereocenters. The van der Waals surface area contributed by atoms with Gasteiger partial charge in [0.25, 0.3) is 0 Å². The van der Waals surface area contributed by atoms with Crippen LogP contribution in [0.25, 0.3) is 11.4 Å². The largest absolute Gasteiger partial charge is 0.465 e. The number of carbonyl (C=O) groups is 1. The monoisotopic (exact) mass is 372 g/mol. The van der Waals surface area contributed by atoms with Crippen molar-refractivity contribution in [3.05, 3.63) is 35.7 Å². The van der Waals surface area contributed by atoms with E-state index in [1.807, 2.05) is 0 Å². The second-order valence-electron chi connectivity index (χ2n) is 7.21. The average molecular weight is 372 g/mol. The lowest BCUT2D eigenvalue weighted by atomic mass is 10.1. The van der Waals surface area contributed by atoms with Crippen LogP contribution in [-0.2, 0) is 11.3 Å². The molecule has 1 aliphatic heterocycles. The SMILES string of the molecule is CC[C@@H]1CN(Cc2nc(-c3ccc(C(=O)OC)cc3)no2)CCN1C(C)C. The zero-order valence-corrected chi connectivity index (χ0v) is 16.5. The molecule has 0 aliphatic carbocycles. The molecule has 1 aliphatic rings. The van der Waals surface area contributed by atoms with Crippen LogP contribution < -0.4 is 0 Å². The summed E-state index contributed by atoms with van der Waals surface area (Å²) in [4.78, 5) is 21.0. The van der Waals surface area contributed by atoms with E-state index in [1.165, 1.54) is 7.11 Å². The molecule has 0 unspecified atom stereocenters. The van der Waals surface area contributed by atoms with E-state index in [-0.39, 0.29) is 5.97 Å². The molecule has 0 saturated carbocycles. The minimum absolute atomic E-state index is 0.360. The third kappa shape index (κ3) is 4.54. The Morgan fingerprint density at radius 2 is 2.04 bits per heavy atom. The van der Waals surface area contributed by atoms with Crippen molar-refractivity contribution < 1.29 is 14.1 Å². The maximum atomic E-state index is 11.5. The van der Waals surface area contributed by atoms with Gasteiger partial charge in [-0.15, -0.1) is 0 Å². The molecule has 1 saturated heterocycles. The van der Waals surface area contributed by atoms with Crippen molar-refractivity contribution in [3.8, 4) is 11.4 Å². The molecule has 7 nitrogen and oxygen atoms in total. The molecule has 1 aromatic carbocycles. The van der Waals surface area contributed by atoms with E-state index < -0.39 is 0 Å². The normalized spacial score (nSPS) is 18.8. The van der Waals surface area contributed by atoms with Crippen molar-refractivity contribution in [1.29, 1.82) is 0 Å². The predicted octanol–water partition coefficient (Wildman–Crippen LogP) is 2.83. The van der Waals surface area contributed by atoms with E-state index in [4.69, 9.17) is 9.26 Å². The van der Waals surface area contributed by atoms with Crippen molar-refractivity contribution in [2.75, 3.05) is 26.7 Å². The van der Waals surface area contributed by atoms with Gasteiger partial charge in [0.05, 0.1) is 19.2 Å². The van der Waals surface area contributed by atoms with Crippen molar-refractivity contribution in [1.82, 2.24) is 19.9 Å². The molecule has 0 spiro atoms. The van der Waals surface area contributed by atoms with Crippen molar-refractivity contribution in [3.63, 3.8) is 0 Å². The van der Waals surface area contributed by atoms with Gasteiger partial charge in [0.2, 0.25) is 11.7 Å². The van der Waals surface area contributed by atoms with E-state index in [9.17, 15) is 4.79 Å². The number of aromatic nitrogens is 2. The number of piperazine rings is 1. The minimum atomic E-state index is -0.360. The molecular weight excluding hydrogens is 344 g/mol. The third-order valence-corrected chi connectivity index (χ3v) is 5.14. The van der Waals surface area contributed by atoms with Gasteiger partial charge in [-0.2, -0.15) is 4.98 Å². The summed E-state index contributed by atoms with van der Waals surface area (Å²) in [6.07, 6.45) is 1.14. The Morgan fingerprint density at radius 3 is 2.67 bits per heavy atom. The molecular formula is C20H28N4O3. The number of rotatable bonds is 6. The van der Waals surface area contributed by atoms with Crippen molar-refractivity contribution >= 4 is 5.97 Å². The molecule has 0 bridgehead atoms. The van der Waals surface area contributed by atoms with Crippen LogP contribution in [0.4, 0.5) is 0 Å². The van der Waals surface area contributed by atoms with E-state index in [2.05, 4.69) is 40.7 Å². The minimum Gasteiger partial charge on any atom is -0.465 e. The highest BCUT2D eigenvalue weighted by atomic mass is 16.5. The van der Waals surface area contributed by atoms with Crippen LogP contribution in [-0.4, -0.2) is 64.7 Å². The Balaban J connectivity index is 1.64. The quantitative estimate of drug-likeness (QED) is 0.722. The summed E-state index contributed by atoms with van der Waals surface area (Å²) in [5.41, 5.74) is 1.31. The second kappa shape index (κ2) is 8.63. The average Bonchev–Trinajstić information content (AvgIpc) is 3.15. The Bertz CT molecular complexity index is 757. The van der Waals surface area contributed by atoms with Crippen LogP contribution in [0.1, 0.15) is 43.4 Å². The summed E-state index contributed by atoms with van der Waals surface area (Å²) in [7, 11) is 1.37. The first-order valence-corrected chi connectivity index (χ1v) is 9.51. The molecule has 1 aromatic heterocycles. The van der Waals surface area contributed by atoms with Gasteiger partial charge in [0, 0.05) is 37.3 Å². The fourth-order valence-corrected chi connectivity index (χ4v) is 3.62. The fraction of sp³-hybridized carbons (Fsp3) is 0.550.